The van der Waals surface area contributed by atoms with E-state index >= 15 is 0 Å². The smallest absolute Gasteiger partial charge is 0.475 e. The number of halogens is 3. The summed E-state index contributed by atoms with van der Waals surface area (Å²) in [6.45, 7) is 5.51. The molecule has 0 radical (unpaired) electrons. The minimum atomic E-state index is -5.08. The number of anilines is 1. The summed E-state index contributed by atoms with van der Waals surface area (Å²) in [4.78, 5) is 38.7. The van der Waals surface area contributed by atoms with Gasteiger partial charge in [0, 0.05) is 12.2 Å². The third-order valence-corrected chi connectivity index (χ3v) is 6.13. The number of carbonyl (C=O) groups is 2. The van der Waals surface area contributed by atoms with Crippen molar-refractivity contribution < 1.29 is 41.1 Å². The molecule has 0 fully saturated rings. The zero-order valence-corrected chi connectivity index (χ0v) is 21.9. The predicted octanol–water partition coefficient (Wildman–Crippen LogP) is 1.25. The van der Waals surface area contributed by atoms with Crippen LogP contribution in [0.1, 0.15) is 31.0 Å². The van der Waals surface area contributed by atoms with Gasteiger partial charge in [-0.2, -0.15) is 13.2 Å². The molecule has 0 saturated carbocycles. The van der Waals surface area contributed by atoms with E-state index in [4.69, 9.17) is 25.9 Å². The van der Waals surface area contributed by atoms with Gasteiger partial charge in [-0.25, -0.2) is 18.7 Å². The van der Waals surface area contributed by atoms with Gasteiger partial charge < -0.3 is 20.7 Å². The lowest BCUT2D eigenvalue weighted by atomic mass is 10.0. The summed E-state index contributed by atoms with van der Waals surface area (Å²) in [5.74, 6) is -3.33. The number of nitrogens with one attached hydrogen (secondary N) is 4. The first-order valence-electron chi connectivity index (χ1n) is 11.1. The maximum absolute atomic E-state index is 12.8. The van der Waals surface area contributed by atoms with Gasteiger partial charge in [0.25, 0.3) is 15.6 Å². The highest BCUT2D eigenvalue weighted by molar-refractivity contribution is 7.92. The Kier molecular flexibility index (Phi) is 11.9. The summed E-state index contributed by atoms with van der Waals surface area (Å²) >= 11 is 0. The van der Waals surface area contributed by atoms with E-state index in [2.05, 4.69) is 15.5 Å². The molecule has 13 nitrogen and oxygen atoms in total. The molecule has 0 atom stereocenters. The van der Waals surface area contributed by atoms with Gasteiger partial charge in [0.1, 0.15) is 12.2 Å². The number of benzene rings is 1. The molecule has 1 aromatic carbocycles. The summed E-state index contributed by atoms with van der Waals surface area (Å²) in [5, 5.41) is 16.6. The van der Waals surface area contributed by atoms with Crippen molar-refractivity contribution in [3.63, 3.8) is 0 Å². The van der Waals surface area contributed by atoms with Gasteiger partial charge >= 0.3 is 12.1 Å². The highest BCUT2D eigenvalue weighted by Crippen LogP contribution is 2.19. The number of aromatic nitrogens is 1. The van der Waals surface area contributed by atoms with Crippen LogP contribution in [0.2, 0.25) is 0 Å². The van der Waals surface area contributed by atoms with E-state index in [9.17, 15) is 31.2 Å². The zero-order valence-electron chi connectivity index (χ0n) is 21.1. The standard InChI is InChI=1S/C20H28N6O5S.C2HF3O2/c1-13(2)15-5-7-16(8-6-15)32(29,30)25-17-9-4-14(3)26(19(17)28)12-18(27)23-10-11-31-24-20(21)22;3-2(4,5)1(6)7/h4-9,13,25H,10-12H2,1-3H3,(H,23,27)(H4,21,22,24);(H,6,7). The van der Waals surface area contributed by atoms with Crippen LogP contribution in [0.25, 0.3) is 0 Å². The number of carbonyl (C=O) groups excluding carboxylic acids is 1. The number of hydrogen-bond donors (Lipinski definition) is 6. The largest absolute Gasteiger partial charge is 0.490 e. The minimum absolute atomic E-state index is 0.0327. The fraction of sp³-hybridized carbons (Fsp3) is 0.364. The Balaban J connectivity index is 0.000000956. The third kappa shape index (κ3) is 11.0. The van der Waals surface area contributed by atoms with Crippen LogP contribution in [0.4, 0.5) is 18.9 Å². The predicted molar refractivity (Wildman–Crippen MR) is 134 cm³/mol. The number of sulfonamides is 1. The summed E-state index contributed by atoms with van der Waals surface area (Å²) in [6, 6.07) is 9.35. The van der Waals surface area contributed by atoms with Crippen molar-refractivity contribution in [1.82, 2.24) is 15.4 Å². The van der Waals surface area contributed by atoms with Crippen LogP contribution in [0.15, 0.2) is 46.1 Å². The quantitative estimate of drug-likeness (QED) is 0.104. The second-order valence-corrected chi connectivity index (χ2v) is 9.81. The number of hydrogen-bond acceptors (Lipinski definition) is 7. The Morgan fingerprint density at radius 2 is 1.72 bits per heavy atom. The van der Waals surface area contributed by atoms with E-state index < -0.39 is 33.6 Å². The Hall–Kier alpha value is -4.12. The average molecular weight is 579 g/mol. The molecule has 0 unspecified atom stereocenters. The summed E-state index contributed by atoms with van der Waals surface area (Å²) in [6.07, 6.45) is -5.08. The number of alkyl halides is 3. The van der Waals surface area contributed by atoms with Crippen LogP contribution in [-0.2, 0) is 31.0 Å². The molecule has 1 heterocycles. The van der Waals surface area contributed by atoms with E-state index in [0.717, 1.165) is 5.56 Å². The van der Waals surface area contributed by atoms with Crippen molar-refractivity contribution in [3.05, 3.63) is 58.0 Å². The van der Waals surface area contributed by atoms with E-state index in [0.29, 0.717) is 5.69 Å². The number of carboxylic acids is 1. The maximum Gasteiger partial charge on any atom is 0.490 e. The molecule has 0 bridgehead atoms. The average Bonchev–Trinajstić information content (AvgIpc) is 2.83. The molecule has 2 aromatic rings. The first-order chi connectivity index (χ1) is 18.0. The molecule has 0 aliphatic heterocycles. The van der Waals surface area contributed by atoms with Crippen LogP contribution in [0.3, 0.4) is 0 Å². The summed E-state index contributed by atoms with van der Waals surface area (Å²) < 4.78 is 60.7. The van der Waals surface area contributed by atoms with E-state index in [-0.39, 0.29) is 42.2 Å². The van der Waals surface area contributed by atoms with Crippen molar-refractivity contribution in [2.45, 2.75) is 44.3 Å². The van der Waals surface area contributed by atoms with Gasteiger partial charge in [-0.05, 0) is 42.7 Å². The van der Waals surface area contributed by atoms with Gasteiger partial charge in [-0.15, -0.1) is 0 Å². The number of aryl methyl sites for hydroxylation is 1. The lowest BCUT2D eigenvalue weighted by Crippen LogP contribution is -2.37. The van der Waals surface area contributed by atoms with E-state index in [1.54, 1.807) is 25.1 Å². The van der Waals surface area contributed by atoms with Gasteiger partial charge in [0.2, 0.25) is 11.9 Å². The highest BCUT2D eigenvalue weighted by Gasteiger charge is 2.38. The second kappa shape index (κ2) is 14.1. The van der Waals surface area contributed by atoms with Gasteiger partial charge in [-0.3, -0.25) is 24.6 Å². The Morgan fingerprint density at radius 1 is 1.15 bits per heavy atom. The number of nitrogens with zero attached hydrogens (tertiary/aromatic N) is 1. The van der Waals surface area contributed by atoms with Crippen LogP contribution in [-0.4, -0.2) is 55.3 Å². The maximum atomic E-state index is 12.8. The summed E-state index contributed by atoms with van der Waals surface area (Å²) in [5.41, 5.74) is 7.87. The molecule has 1 aromatic heterocycles. The van der Waals surface area contributed by atoms with E-state index in [1.807, 2.05) is 13.8 Å². The lowest BCUT2D eigenvalue weighted by molar-refractivity contribution is -0.192. The molecule has 0 saturated heterocycles. The Bertz CT molecular complexity index is 1330. The number of carboxylic acid groups (broad SMARTS) is 1. The number of amides is 1. The Morgan fingerprint density at radius 3 is 2.21 bits per heavy atom. The number of guanidine groups is 1. The monoisotopic (exact) mass is 578 g/mol. The van der Waals surface area contributed by atoms with E-state index in [1.165, 1.54) is 22.8 Å². The molecule has 39 heavy (non-hydrogen) atoms. The molecule has 0 spiro atoms. The van der Waals surface area contributed by atoms with Crippen LogP contribution in [0, 0.1) is 12.3 Å². The number of aliphatic carboxylic acids is 1. The normalized spacial score (nSPS) is 11.3. The molecule has 2 rings (SSSR count). The zero-order chi connectivity index (χ0) is 30.0. The van der Waals surface area contributed by atoms with Crippen molar-refractivity contribution in [2.75, 3.05) is 17.9 Å². The summed E-state index contributed by atoms with van der Waals surface area (Å²) in [7, 11) is -3.98. The molecular weight excluding hydrogens is 549 g/mol. The SMILES string of the molecule is Cc1ccc(NS(=O)(=O)c2ccc(C(C)C)cc2)c(=O)n1CC(=O)NCCONC(=N)N.O=C(O)C(F)(F)F. The topological polar surface area (TPSA) is 206 Å². The molecule has 7 N–H and O–H groups in total. The highest BCUT2D eigenvalue weighted by atomic mass is 32.2. The van der Waals surface area contributed by atoms with Gasteiger partial charge in [-0.1, -0.05) is 26.0 Å². The fourth-order valence-electron chi connectivity index (χ4n) is 2.75. The van der Waals surface area contributed by atoms with Crippen LogP contribution >= 0.6 is 0 Å². The minimum Gasteiger partial charge on any atom is -0.475 e. The van der Waals surface area contributed by atoms with Crippen molar-refractivity contribution in [3.8, 4) is 0 Å². The van der Waals surface area contributed by atoms with Gasteiger partial charge in [0.15, 0.2) is 0 Å². The number of rotatable bonds is 10. The van der Waals surface area contributed by atoms with Crippen molar-refractivity contribution in [1.29, 1.82) is 5.41 Å². The molecule has 17 heteroatoms. The Labute approximate surface area is 221 Å². The number of nitrogens with two attached hydrogens (primary N) is 1. The fourth-order valence-corrected chi connectivity index (χ4v) is 3.81. The molecular formula is C22H29F3N6O7S. The first kappa shape index (κ1) is 32.9. The molecule has 1 amide bonds. The van der Waals surface area contributed by atoms with Crippen LogP contribution in [0.5, 0.6) is 0 Å². The number of hydroxylamine groups is 1. The van der Waals surface area contributed by atoms with Crippen molar-refractivity contribution in [2.24, 2.45) is 5.73 Å². The third-order valence-electron chi connectivity index (χ3n) is 4.75. The first-order valence-corrected chi connectivity index (χ1v) is 12.6. The molecule has 0 aliphatic rings. The van der Waals surface area contributed by atoms with Gasteiger partial charge in [0.05, 0.1) is 11.5 Å². The van der Waals surface area contributed by atoms with Crippen LogP contribution < -0.4 is 26.8 Å². The molecule has 0 aliphatic carbocycles. The molecule has 216 valence electrons. The second-order valence-electron chi connectivity index (χ2n) is 8.13. The van der Waals surface area contributed by atoms with Crippen molar-refractivity contribution >= 4 is 33.5 Å². The number of pyridine rings is 1. The lowest BCUT2D eigenvalue weighted by Gasteiger charge is -2.14.